The fourth-order valence-electron chi connectivity index (χ4n) is 4.56. The van der Waals surface area contributed by atoms with Gasteiger partial charge in [0.1, 0.15) is 0 Å². The van der Waals surface area contributed by atoms with E-state index in [9.17, 15) is 0 Å². The van der Waals surface area contributed by atoms with Crippen LogP contribution in [0.5, 0.6) is 0 Å². The molecule has 6 rings (SSSR count). The first kappa shape index (κ1) is 21.0. The molecule has 1 N–H and O–H groups in total. The van der Waals surface area contributed by atoms with Gasteiger partial charge in [0.05, 0.1) is 16.7 Å². The van der Waals surface area contributed by atoms with Crippen LogP contribution in [0, 0.1) is 0 Å². The Morgan fingerprint density at radius 3 is 2.66 bits per heavy atom. The molecular formula is C29H24N6. The quantitative estimate of drug-likeness (QED) is 0.334. The van der Waals surface area contributed by atoms with Crippen molar-refractivity contribution in [3.05, 3.63) is 119 Å². The Labute approximate surface area is 203 Å². The number of aromatic amines is 1. The van der Waals surface area contributed by atoms with E-state index in [2.05, 4.69) is 110 Å². The number of tetrazole rings is 1. The molecule has 3 aromatic carbocycles. The van der Waals surface area contributed by atoms with Crippen molar-refractivity contribution in [3.8, 4) is 0 Å². The molecule has 0 bridgehead atoms. The predicted molar refractivity (Wildman–Crippen MR) is 140 cm³/mol. The SMILES string of the molecule is C(=C\c1ccc2ccccc2n1)/c1cccc(Cn2ccc3cccc(CCc4nn[nH]n4)c32)c1. The molecule has 3 heterocycles. The first-order chi connectivity index (χ1) is 17.3. The molecule has 0 atom stereocenters. The van der Waals surface area contributed by atoms with E-state index < -0.39 is 0 Å². The Morgan fingerprint density at radius 1 is 0.800 bits per heavy atom. The van der Waals surface area contributed by atoms with Crippen LogP contribution in [0.3, 0.4) is 0 Å². The molecule has 0 saturated carbocycles. The van der Waals surface area contributed by atoms with Crippen LogP contribution in [-0.2, 0) is 19.4 Å². The third-order valence-electron chi connectivity index (χ3n) is 6.25. The first-order valence-electron chi connectivity index (χ1n) is 11.7. The maximum Gasteiger partial charge on any atom is 0.174 e. The second kappa shape index (κ2) is 9.35. The molecule has 0 saturated heterocycles. The highest BCUT2D eigenvalue weighted by molar-refractivity contribution is 5.84. The van der Waals surface area contributed by atoms with Crippen molar-refractivity contribution in [3.63, 3.8) is 0 Å². The fourth-order valence-corrected chi connectivity index (χ4v) is 4.56. The smallest absolute Gasteiger partial charge is 0.174 e. The summed E-state index contributed by atoms with van der Waals surface area (Å²) in [5, 5.41) is 16.8. The van der Waals surface area contributed by atoms with Gasteiger partial charge in [0.15, 0.2) is 5.82 Å². The van der Waals surface area contributed by atoms with Crippen molar-refractivity contribution < 1.29 is 0 Å². The molecule has 3 aromatic heterocycles. The van der Waals surface area contributed by atoms with E-state index in [4.69, 9.17) is 4.98 Å². The monoisotopic (exact) mass is 456 g/mol. The predicted octanol–water partition coefficient (Wildman–Crippen LogP) is 5.71. The molecule has 6 nitrogen and oxygen atoms in total. The molecule has 0 unspecified atom stereocenters. The average molecular weight is 457 g/mol. The molecule has 0 aliphatic rings. The fraction of sp³-hybridized carbons (Fsp3) is 0.103. The third kappa shape index (κ3) is 4.59. The van der Waals surface area contributed by atoms with E-state index in [0.717, 1.165) is 47.4 Å². The molecule has 0 radical (unpaired) electrons. The van der Waals surface area contributed by atoms with Crippen LogP contribution in [0.2, 0.25) is 0 Å². The van der Waals surface area contributed by atoms with Gasteiger partial charge in [-0.1, -0.05) is 72.0 Å². The number of nitrogens with zero attached hydrogens (tertiary/aromatic N) is 5. The second-order valence-electron chi connectivity index (χ2n) is 8.63. The van der Waals surface area contributed by atoms with Crippen molar-refractivity contribution in [2.24, 2.45) is 0 Å². The molecule has 0 amide bonds. The Morgan fingerprint density at radius 2 is 1.71 bits per heavy atom. The minimum Gasteiger partial charge on any atom is -0.343 e. The van der Waals surface area contributed by atoms with Gasteiger partial charge in [-0.15, -0.1) is 10.2 Å². The Bertz CT molecular complexity index is 1630. The first-order valence-corrected chi connectivity index (χ1v) is 11.7. The van der Waals surface area contributed by atoms with E-state index >= 15 is 0 Å². The van der Waals surface area contributed by atoms with Gasteiger partial charge < -0.3 is 4.57 Å². The molecule has 35 heavy (non-hydrogen) atoms. The molecular weight excluding hydrogens is 432 g/mol. The summed E-state index contributed by atoms with van der Waals surface area (Å²) in [6.45, 7) is 0.804. The van der Waals surface area contributed by atoms with Gasteiger partial charge in [-0.3, -0.25) is 0 Å². The third-order valence-corrected chi connectivity index (χ3v) is 6.25. The number of hydrogen-bond donors (Lipinski definition) is 1. The molecule has 6 heteroatoms. The summed E-state index contributed by atoms with van der Waals surface area (Å²) in [5.41, 5.74) is 6.93. The lowest BCUT2D eigenvalue weighted by molar-refractivity contribution is 0.818. The van der Waals surface area contributed by atoms with Crippen molar-refractivity contribution in [2.75, 3.05) is 0 Å². The van der Waals surface area contributed by atoms with Crippen LogP contribution in [0.1, 0.15) is 28.2 Å². The number of benzene rings is 3. The van der Waals surface area contributed by atoms with Crippen LogP contribution < -0.4 is 0 Å². The van der Waals surface area contributed by atoms with Crippen LogP contribution in [0.25, 0.3) is 34.0 Å². The number of aromatic nitrogens is 6. The number of rotatable bonds is 7. The van der Waals surface area contributed by atoms with E-state index in [-0.39, 0.29) is 0 Å². The normalized spacial score (nSPS) is 11.7. The Kier molecular flexibility index (Phi) is 5.60. The summed E-state index contributed by atoms with van der Waals surface area (Å²) >= 11 is 0. The van der Waals surface area contributed by atoms with Gasteiger partial charge in [-0.05, 0) is 58.8 Å². The van der Waals surface area contributed by atoms with Crippen LogP contribution in [0.15, 0.2) is 91.1 Å². The number of aryl methyl sites for hydroxylation is 2. The van der Waals surface area contributed by atoms with Crippen LogP contribution in [-0.4, -0.2) is 30.2 Å². The average Bonchev–Trinajstić information content (AvgIpc) is 3.57. The van der Waals surface area contributed by atoms with Crippen LogP contribution in [0.4, 0.5) is 0 Å². The highest BCUT2D eigenvalue weighted by atomic mass is 15.5. The van der Waals surface area contributed by atoms with Crippen molar-refractivity contribution >= 4 is 34.0 Å². The zero-order chi connectivity index (χ0) is 23.5. The maximum absolute atomic E-state index is 4.75. The van der Waals surface area contributed by atoms with Crippen molar-refractivity contribution in [1.82, 2.24) is 30.2 Å². The number of H-pyrrole nitrogens is 1. The molecule has 0 spiro atoms. The Hall–Kier alpha value is -4.58. The minimum atomic E-state index is 0.737. The van der Waals surface area contributed by atoms with Crippen molar-refractivity contribution in [2.45, 2.75) is 19.4 Å². The number of hydrogen-bond acceptors (Lipinski definition) is 4. The van der Waals surface area contributed by atoms with Crippen molar-refractivity contribution in [1.29, 1.82) is 0 Å². The van der Waals surface area contributed by atoms with Gasteiger partial charge in [0.25, 0.3) is 0 Å². The summed E-state index contributed by atoms with van der Waals surface area (Å²) in [6, 6.07) is 29.7. The second-order valence-corrected chi connectivity index (χ2v) is 8.63. The van der Waals surface area contributed by atoms with E-state index in [1.165, 1.54) is 22.0 Å². The van der Waals surface area contributed by atoms with E-state index in [1.54, 1.807) is 0 Å². The zero-order valence-corrected chi connectivity index (χ0v) is 19.2. The lowest BCUT2D eigenvalue weighted by atomic mass is 10.1. The topological polar surface area (TPSA) is 72.3 Å². The molecule has 0 aliphatic heterocycles. The van der Waals surface area contributed by atoms with Gasteiger partial charge in [-0.2, -0.15) is 5.21 Å². The number of nitrogens with one attached hydrogen (secondary N) is 1. The lowest BCUT2D eigenvalue weighted by Gasteiger charge is -2.10. The Balaban J connectivity index is 1.23. The standard InChI is InChI=1S/C29H24N6/c1-2-10-27-23(7-1)12-15-26(30-27)14-11-21-5-3-6-22(19-21)20-35-18-17-25-9-4-8-24(29(25)35)13-16-28-31-33-34-32-28/h1-12,14-15,17-19H,13,16,20H2,(H,31,32,33,34)/b14-11+. The molecule has 0 aliphatic carbocycles. The molecule has 170 valence electrons. The van der Waals surface area contributed by atoms with Gasteiger partial charge >= 0.3 is 0 Å². The zero-order valence-electron chi connectivity index (χ0n) is 19.2. The van der Waals surface area contributed by atoms with Gasteiger partial charge in [0, 0.05) is 24.5 Å². The molecule has 0 fully saturated rings. The summed E-state index contributed by atoms with van der Waals surface area (Å²) in [5.74, 6) is 0.737. The minimum absolute atomic E-state index is 0.737. The van der Waals surface area contributed by atoms with Gasteiger partial charge in [-0.25, -0.2) is 4.98 Å². The summed E-state index contributed by atoms with van der Waals surface area (Å²) in [7, 11) is 0. The summed E-state index contributed by atoms with van der Waals surface area (Å²) in [6.07, 6.45) is 7.99. The number of para-hydroxylation sites is 2. The highest BCUT2D eigenvalue weighted by Gasteiger charge is 2.09. The highest BCUT2D eigenvalue weighted by Crippen LogP contribution is 2.23. The van der Waals surface area contributed by atoms with E-state index in [0.29, 0.717) is 0 Å². The maximum atomic E-state index is 4.75. The van der Waals surface area contributed by atoms with E-state index in [1.807, 2.05) is 18.2 Å². The van der Waals surface area contributed by atoms with Gasteiger partial charge in [0.2, 0.25) is 0 Å². The lowest BCUT2D eigenvalue weighted by Crippen LogP contribution is -2.02. The molecule has 6 aromatic rings. The number of pyridine rings is 1. The van der Waals surface area contributed by atoms with Crippen LogP contribution >= 0.6 is 0 Å². The summed E-state index contributed by atoms with van der Waals surface area (Å²) < 4.78 is 2.33. The summed E-state index contributed by atoms with van der Waals surface area (Å²) in [4.78, 5) is 4.75. The number of fused-ring (bicyclic) bond motifs is 2. The largest absolute Gasteiger partial charge is 0.343 e.